The molecule has 2 fully saturated rings. The zero-order valence-corrected chi connectivity index (χ0v) is 27.0. The Morgan fingerprint density at radius 2 is 1.84 bits per heavy atom. The number of amides is 1. The van der Waals surface area contributed by atoms with E-state index in [2.05, 4.69) is 24.5 Å². The number of anilines is 2. The van der Waals surface area contributed by atoms with Gasteiger partial charge in [0.15, 0.2) is 18.4 Å². The van der Waals surface area contributed by atoms with E-state index in [9.17, 15) is 19.8 Å². The second-order valence-corrected chi connectivity index (χ2v) is 13.8. The van der Waals surface area contributed by atoms with E-state index in [0.717, 1.165) is 12.8 Å². The first-order valence-electron chi connectivity index (χ1n) is 15.7. The maximum Gasteiger partial charge on any atom is 0.412 e. The molecule has 4 N–H and O–H groups in total. The molecule has 1 saturated heterocycles. The summed E-state index contributed by atoms with van der Waals surface area (Å²) in [6, 6.07) is 13.1. The van der Waals surface area contributed by atoms with Gasteiger partial charge in [-0.3, -0.25) is 25.3 Å². The van der Waals surface area contributed by atoms with Crippen molar-refractivity contribution in [3.8, 4) is 0 Å². The van der Waals surface area contributed by atoms with Gasteiger partial charge >= 0.3 is 12.1 Å². The number of carbonyl (C=O) groups is 2. The molecule has 2 aromatic rings. The second kappa shape index (κ2) is 11.9. The number of hydroxylamine groups is 1. The highest BCUT2D eigenvalue weighted by molar-refractivity contribution is 6.33. The third-order valence-electron chi connectivity index (χ3n) is 10.3. The van der Waals surface area contributed by atoms with Crippen LogP contribution in [0.4, 0.5) is 16.2 Å². The smallest absolute Gasteiger partial charge is 0.412 e. The number of ether oxygens (including phenoxy) is 2. The van der Waals surface area contributed by atoms with E-state index in [-0.39, 0.29) is 30.1 Å². The summed E-state index contributed by atoms with van der Waals surface area (Å²) in [5.74, 6) is -0.846. The summed E-state index contributed by atoms with van der Waals surface area (Å²) < 4.78 is 12.2. The van der Waals surface area contributed by atoms with Gasteiger partial charge in [-0.1, -0.05) is 68.8 Å². The summed E-state index contributed by atoms with van der Waals surface area (Å²) >= 11 is 6.44. The van der Waals surface area contributed by atoms with Gasteiger partial charge in [0.25, 0.3) is 0 Å². The number of esters is 1. The lowest BCUT2D eigenvalue weighted by Gasteiger charge is -2.55. The van der Waals surface area contributed by atoms with Crippen molar-refractivity contribution in [2.45, 2.75) is 82.6 Å². The number of halogens is 1. The number of para-hydroxylation sites is 2. The van der Waals surface area contributed by atoms with Crippen molar-refractivity contribution in [2.24, 2.45) is 23.7 Å². The standard InChI is InChI=1S/C34H42ClN3O7/c1-18(2)22-15-14-20(4)34(42)24(22)16-19(3)28(43-32(40)36-21-10-7-6-8-11-21)29(34)44-30(39)26-17-33(41)23-12-9-13-25(35)27(23)38(5)45-31(33)37-26/h6-13,16,18,20,22,24,26,28-29,31,37,41-42H,14-15,17H2,1-5H3,(H,36,40)/t20-,22+,24-,26+,28-,29+,31-,33-,34-/m1/s1. The zero-order valence-electron chi connectivity index (χ0n) is 26.2. The van der Waals surface area contributed by atoms with Crippen LogP contribution < -0.4 is 15.7 Å². The molecule has 2 aromatic carbocycles. The van der Waals surface area contributed by atoms with Crippen LogP contribution in [-0.4, -0.2) is 59.4 Å². The van der Waals surface area contributed by atoms with Crippen LogP contribution in [0.5, 0.6) is 0 Å². The number of fused-ring (bicyclic) bond motifs is 4. The lowest BCUT2D eigenvalue weighted by atomic mass is 9.56. The molecule has 2 aliphatic heterocycles. The first-order chi connectivity index (χ1) is 21.3. The Morgan fingerprint density at radius 3 is 2.56 bits per heavy atom. The minimum absolute atomic E-state index is 0.0503. The van der Waals surface area contributed by atoms with Gasteiger partial charge < -0.3 is 19.7 Å². The molecule has 242 valence electrons. The number of rotatable bonds is 5. The molecule has 0 bridgehead atoms. The first-order valence-corrected chi connectivity index (χ1v) is 16.0. The Labute approximate surface area is 268 Å². The Balaban J connectivity index is 1.31. The van der Waals surface area contributed by atoms with Crippen LogP contribution in [0.25, 0.3) is 0 Å². The Bertz CT molecular complexity index is 1490. The van der Waals surface area contributed by atoms with E-state index in [1.54, 1.807) is 49.5 Å². The fraction of sp³-hybridized carbons (Fsp3) is 0.529. The average Bonchev–Trinajstić information content (AvgIpc) is 3.34. The van der Waals surface area contributed by atoms with Gasteiger partial charge in [-0.2, -0.15) is 0 Å². The van der Waals surface area contributed by atoms with Gasteiger partial charge in [0.1, 0.15) is 17.2 Å². The molecule has 0 unspecified atom stereocenters. The molecular weight excluding hydrogens is 598 g/mol. The highest BCUT2D eigenvalue weighted by Crippen LogP contribution is 2.53. The molecule has 9 atom stereocenters. The van der Waals surface area contributed by atoms with Crippen molar-refractivity contribution < 1.29 is 34.1 Å². The third kappa shape index (κ3) is 5.40. The minimum Gasteiger partial charge on any atom is -0.454 e. The van der Waals surface area contributed by atoms with E-state index in [1.807, 2.05) is 26.0 Å². The zero-order chi connectivity index (χ0) is 32.3. The van der Waals surface area contributed by atoms with Crippen molar-refractivity contribution in [3.05, 3.63) is 70.8 Å². The molecule has 0 radical (unpaired) electrons. The summed E-state index contributed by atoms with van der Waals surface area (Å²) in [4.78, 5) is 33.2. The molecular formula is C34H42ClN3O7. The second-order valence-electron chi connectivity index (χ2n) is 13.4. The molecule has 10 nitrogen and oxygen atoms in total. The molecule has 11 heteroatoms. The van der Waals surface area contributed by atoms with Crippen LogP contribution in [0, 0.1) is 23.7 Å². The molecule has 1 amide bonds. The van der Waals surface area contributed by atoms with E-state index in [0.29, 0.717) is 27.5 Å². The predicted molar refractivity (Wildman–Crippen MR) is 169 cm³/mol. The van der Waals surface area contributed by atoms with Crippen LogP contribution in [0.3, 0.4) is 0 Å². The number of benzene rings is 2. The molecule has 1 saturated carbocycles. The van der Waals surface area contributed by atoms with Gasteiger partial charge in [0.05, 0.1) is 10.7 Å². The normalized spacial score (nSPS) is 35.5. The van der Waals surface area contributed by atoms with E-state index < -0.39 is 47.7 Å². The molecule has 2 heterocycles. The predicted octanol–water partition coefficient (Wildman–Crippen LogP) is 5.14. The molecule has 2 aliphatic carbocycles. The highest BCUT2D eigenvalue weighted by atomic mass is 35.5. The number of carbonyl (C=O) groups excluding carboxylic acids is 2. The number of hydrogen-bond donors (Lipinski definition) is 4. The van der Waals surface area contributed by atoms with Gasteiger partial charge in [0.2, 0.25) is 0 Å². The van der Waals surface area contributed by atoms with Crippen molar-refractivity contribution >= 4 is 35.0 Å². The van der Waals surface area contributed by atoms with Crippen molar-refractivity contribution in [3.63, 3.8) is 0 Å². The van der Waals surface area contributed by atoms with Crippen molar-refractivity contribution in [2.75, 3.05) is 17.4 Å². The van der Waals surface area contributed by atoms with Crippen LogP contribution in [-0.2, 0) is 24.7 Å². The van der Waals surface area contributed by atoms with Gasteiger partial charge in [-0.25, -0.2) is 4.79 Å². The monoisotopic (exact) mass is 639 g/mol. The summed E-state index contributed by atoms with van der Waals surface area (Å²) in [5, 5.41) is 32.2. The fourth-order valence-electron chi connectivity index (χ4n) is 7.88. The number of aliphatic hydroxyl groups is 2. The van der Waals surface area contributed by atoms with E-state index in [1.165, 1.54) is 5.06 Å². The maximum atomic E-state index is 14.0. The van der Waals surface area contributed by atoms with Crippen LogP contribution in [0.2, 0.25) is 5.02 Å². The largest absolute Gasteiger partial charge is 0.454 e. The van der Waals surface area contributed by atoms with Crippen molar-refractivity contribution in [1.82, 2.24) is 5.32 Å². The van der Waals surface area contributed by atoms with Crippen LogP contribution in [0.1, 0.15) is 52.5 Å². The summed E-state index contributed by atoms with van der Waals surface area (Å²) in [6.07, 6.45) is -0.314. The van der Waals surface area contributed by atoms with Gasteiger partial charge in [0, 0.05) is 30.6 Å². The highest BCUT2D eigenvalue weighted by Gasteiger charge is 2.62. The summed E-state index contributed by atoms with van der Waals surface area (Å²) in [5.41, 5.74) is -0.763. The summed E-state index contributed by atoms with van der Waals surface area (Å²) in [6.45, 7) is 8.06. The quantitative estimate of drug-likeness (QED) is 0.260. The van der Waals surface area contributed by atoms with Gasteiger partial charge in [-0.15, -0.1) is 0 Å². The Morgan fingerprint density at radius 1 is 1.11 bits per heavy atom. The minimum atomic E-state index is -1.56. The molecule has 6 rings (SSSR count). The molecule has 0 aromatic heterocycles. The fourth-order valence-corrected chi connectivity index (χ4v) is 8.17. The molecule has 45 heavy (non-hydrogen) atoms. The lowest BCUT2D eigenvalue weighted by Crippen LogP contribution is -2.66. The average molecular weight is 640 g/mol. The Kier molecular flexibility index (Phi) is 8.41. The summed E-state index contributed by atoms with van der Waals surface area (Å²) in [7, 11) is 1.68. The number of hydrogen-bond acceptors (Lipinski definition) is 9. The molecule has 0 spiro atoms. The Hall–Kier alpha value is -3.15. The molecule has 4 aliphatic rings. The topological polar surface area (TPSA) is 130 Å². The maximum absolute atomic E-state index is 14.0. The first kappa shape index (κ1) is 31.8. The van der Waals surface area contributed by atoms with E-state index >= 15 is 0 Å². The SMILES string of the molecule is CC1=C[C@@H]2[C@H](C(C)C)CC[C@@H](C)[C@]2(O)[C@@H](OC(=O)[C@@H]2C[C@@]3(O)c4cccc(Cl)c4N(C)O[C@H]3N2)[C@@H]1OC(=O)Nc1ccccc1. The number of nitrogens with zero attached hydrogens (tertiary/aromatic N) is 1. The third-order valence-corrected chi connectivity index (χ3v) is 10.6. The van der Waals surface area contributed by atoms with Crippen LogP contribution in [0.15, 0.2) is 60.2 Å². The van der Waals surface area contributed by atoms with Crippen molar-refractivity contribution in [1.29, 1.82) is 0 Å². The number of nitrogens with one attached hydrogen (secondary N) is 2. The lowest BCUT2D eigenvalue weighted by molar-refractivity contribution is -0.219. The van der Waals surface area contributed by atoms with Gasteiger partial charge in [-0.05, 0) is 61.3 Å². The van der Waals surface area contributed by atoms with Crippen LogP contribution >= 0.6 is 11.6 Å². The van der Waals surface area contributed by atoms with E-state index in [4.69, 9.17) is 25.9 Å².